The molecule has 4 aromatic heterocycles. The van der Waals surface area contributed by atoms with Crippen LogP contribution in [-0.4, -0.2) is 80.5 Å². The number of aromatic nitrogens is 4. The van der Waals surface area contributed by atoms with Gasteiger partial charge in [-0.3, -0.25) is 19.2 Å². The standard InChI is InChI=1S/C35H35ClFN7O4S/c1-4-35(37,5-2)20-42-10-12-43(13-11-42)32-25(17-38)29-27(18-40-32)41-21(3)44(33(29)45)14-15-48-28-7-6-22(36)16-24(28)23-8-9-39-30-26(34(46)47)19-49-31(23)30/h6-9,16,18-19H,4-5,10-15,20H2,1-3H3,(H,46,47). The molecule has 1 aromatic carbocycles. The summed E-state index contributed by atoms with van der Waals surface area (Å²) in [6, 6.07) is 9.16. The van der Waals surface area contributed by atoms with E-state index in [2.05, 4.69) is 25.9 Å². The summed E-state index contributed by atoms with van der Waals surface area (Å²) in [5.74, 6) is 0.304. The first kappa shape index (κ1) is 34.2. The van der Waals surface area contributed by atoms with Crippen molar-refractivity contribution in [3.8, 4) is 22.9 Å². The molecule has 1 aliphatic heterocycles. The molecular formula is C35H35ClFN7O4S. The molecule has 0 bridgehead atoms. The van der Waals surface area contributed by atoms with Gasteiger partial charge in [0, 0.05) is 60.5 Å². The van der Waals surface area contributed by atoms with Gasteiger partial charge in [0.1, 0.15) is 41.3 Å². The Kier molecular flexibility index (Phi) is 9.83. The van der Waals surface area contributed by atoms with Crippen molar-refractivity contribution >= 4 is 55.8 Å². The number of rotatable bonds is 11. The van der Waals surface area contributed by atoms with Crippen molar-refractivity contribution < 1.29 is 19.0 Å². The Balaban J connectivity index is 1.25. The van der Waals surface area contributed by atoms with Crippen LogP contribution < -0.4 is 15.2 Å². The SMILES string of the molecule is CCC(F)(CC)CN1CCN(c2ncc3nc(C)n(CCOc4ccc(Cl)cc4-c4ccnc5c(C(=O)O)csc45)c(=O)c3c2C#N)CC1. The highest BCUT2D eigenvalue weighted by atomic mass is 35.5. The highest BCUT2D eigenvalue weighted by Gasteiger charge is 2.31. The fourth-order valence-corrected chi connectivity index (χ4v) is 7.49. The third-order valence-electron chi connectivity index (χ3n) is 9.22. The molecule has 0 unspecified atom stereocenters. The van der Waals surface area contributed by atoms with E-state index in [1.807, 2.05) is 18.7 Å². The van der Waals surface area contributed by atoms with Gasteiger partial charge in [-0.05, 0) is 44.0 Å². The lowest BCUT2D eigenvalue weighted by Gasteiger charge is -2.38. The third-order valence-corrected chi connectivity index (χ3v) is 10.5. The van der Waals surface area contributed by atoms with Gasteiger partial charge in [-0.2, -0.15) is 5.26 Å². The number of carboxylic acid groups (broad SMARTS) is 1. The molecule has 1 fully saturated rings. The smallest absolute Gasteiger partial charge is 0.338 e. The molecule has 49 heavy (non-hydrogen) atoms. The van der Waals surface area contributed by atoms with E-state index >= 15 is 4.39 Å². The van der Waals surface area contributed by atoms with E-state index in [0.717, 1.165) is 5.56 Å². The van der Waals surface area contributed by atoms with E-state index < -0.39 is 11.6 Å². The van der Waals surface area contributed by atoms with Gasteiger partial charge in [-0.15, -0.1) is 11.3 Å². The Morgan fingerprint density at radius 3 is 2.61 bits per heavy atom. The van der Waals surface area contributed by atoms with E-state index in [1.165, 1.54) is 22.1 Å². The number of nitriles is 1. The monoisotopic (exact) mass is 703 g/mol. The molecule has 5 aromatic rings. The van der Waals surface area contributed by atoms with Crippen LogP contribution in [0, 0.1) is 18.3 Å². The average Bonchev–Trinajstić information content (AvgIpc) is 3.55. The lowest BCUT2D eigenvalue weighted by molar-refractivity contribution is 0.0699. The molecule has 0 aliphatic carbocycles. The van der Waals surface area contributed by atoms with Crippen molar-refractivity contribution in [1.82, 2.24) is 24.4 Å². The molecule has 1 N–H and O–H groups in total. The molecule has 254 valence electrons. The number of carbonyl (C=O) groups is 1. The van der Waals surface area contributed by atoms with Crippen LogP contribution in [0.15, 0.2) is 46.8 Å². The number of aromatic carboxylic acids is 1. The molecular weight excluding hydrogens is 669 g/mol. The Morgan fingerprint density at radius 1 is 1.16 bits per heavy atom. The van der Waals surface area contributed by atoms with Crippen molar-refractivity contribution in [1.29, 1.82) is 5.26 Å². The molecule has 0 saturated carbocycles. The van der Waals surface area contributed by atoms with Crippen LogP contribution in [0.5, 0.6) is 5.75 Å². The highest BCUT2D eigenvalue weighted by Crippen LogP contribution is 2.39. The number of anilines is 1. The molecule has 0 amide bonds. The van der Waals surface area contributed by atoms with E-state index in [1.54, 1.807) is 42.8 Å². The Labute approximate surface area is 291 Å². The van der Waals surface area contributed by atoms with Gasteiger partial charge in [-0.25, -0.2) is 19.2 Å². The van der Waals surface area contributed by atoms with Crippen LogP contribution in [-0.2, 0) is 6.54 Å². The van der Waals surface area contributed by atoms with Crippen molar-refractivity contribution in [3.05, 3.63) is 74.4 Å². The third kappa shape index (κ3) is 6.68. The van der Waals surface area contributed by atoms with Gasteiger partial charge in [0.15, 0.2) is 0 Å². The van der Waals surface area contributed by atoms with Crippen molar-refractivity contribution in [2.45, 2.75) is 45.8 Å². The summed E-state index contributed by atoms with van der Waals surface area (Å²) in [5.41, 5.74) is 0.784. The molecule has 11 nitrogen and oxygen atoms in total. The number of carboxylic acids is 1. The van der Waals surface area contributed by atoms with Crippen LogP contribution >= 0.6 is 22.9 Å². The minimum absolute atomic E-state index is 0.0922. The summed E-state index contributed by atoms with van der Waals surface area (Å²) in [5, 5.41) is 22.1. The van der Waals surface area contributed by atoms with Gasteiger partial charge < -0.3 is 14.7 Å². The normalized spacial score (nSPS) is 14.0. The van der Waals surface area contributed by atoms with Gasteiger partial charge in [0.05, 0.1) is 39.4 Å². The molecule has 0 atom stereocenters. The second kappa shape index (κ2) is 14.1. The number of ether oxygens (including phenoxy) is 1. The molecule has 1 aliphatic rings. The molecule has 6 rings (SSSR count). The number of hydrogen-bond acceptors (Lipinski definition) is 10. The Morgan fingerprint density at radius 2 is 1.92 bits per heavy atom. The van der Waals surface area contributed by atoms with Crippen LogP contribution in [0.4, 0.5) is 10.2 Å². The summed E-state index contributed by atoms with van der Waals surface area (Å²) >= 11 is 7.65. The summed E-state index contributed by atoms with van der Waals surface area (Å²) in [4.78, 5) is 43.2. The molecule has 5 heterocycles. The minimum atomic E-state index is -1.23. The number of nitrogens with zero attached hydrogens (tertiary/aromatic N) is 7. The number of fused-ring (bicyclic) bond motifs is 2. The number of piperazine rings is 1. The summed E-state index contributed by atoms with van der Waals surface area (Å²) < 4.78 is 23.4. The first-order chi connectivity index (χ1) is 23.6. The second-order valence-electron chi connectivity index (χ2n) is 12.0. The number of hydrogen-bond donors (Lipinski definition) is 1. The van der Waals surface area contributed by atoms with E-state index in [9.17, 15) is 20.0 Å². The van der Waals surface area contributed by atoms with Crippen LogP contribution in [0.3, 0.4) is 0 Å². The number of thiophene rings is 1. The van der Waals surface area contributed by atoms with Crippen molar-refractivity contribution in [2.75, 3.05) is 44.2 Å². The molecule has 14 heteroatoms. The first-order valence-corrected chi connectivity index (χ1v) is 17.3. The second-order valence-corrected chi connectivity index (χ2v) is 13.4. The number of benzene rings is 1. The molecule has 0 spiro atoms. The van der Waals surface area contributed by atoms with Gasteiger partial charge in [0.25, 0.3) is 5.56 Å². The number of alkyl halides is 1. The predicted octanol–water partition coefficient (Wildman–Crippen LogP) is 6.33. The van der Waals surface area contributed by atoms with Crippen LogP contribution in [0.1, 0.15) is 48.4 Å². The quantitative estimate of drug-likeness (QED) is 0.166. The minimum Gasteiger partial charge on any atom is -0.491 e. The van der Waals surface area contributed by atoms with Crippen molar-refractivity contribution in [2.24, 2.45) is 0 Å². The summed E-state index contributed by atoms with van der Waals surface area (Å²) in [7, 11) is 0. The Bertz CT molecular complexity index is 2150. The average molecular weight is 704 g/mol. The topological polar surface area (TPSA) is 137 Å². The highest BCUT2D eigenvalue weighted by molar-refractivity contribution is 7.18. The fraction of sp³-hybridized carbons (Fsp3) is 0.371. The van der Waals surface area contributed by atoms with E-state index in [-0.39, 0.29) is 35.2 Å². The zero-order valence-electron chi connectivity index (χ0n) is 27.4. The number of pyridine rings is 2. The maximum atomic E-state index is 15.1. The summed E-state index contributed by atoms with van der Waals surface area (Å²) in [6.07, 6.45) is 3.99. The predicted molar refractivity (Wildman–Crippen MR) is 189 cm³/mol. The molecule has 1 saturated heterocycles. The van der Waals surface area contributed by atoms with Crippen LogP contribution in [0.25, 0.3) is 32.2 Å². The number of aryl methyl sites for hydroxylation is 1. The van der Waals surface area contributed by atoms with Gasteiger partial charge in [-0.1, -0.05) is 25.4 Å². The Hall–Kier alpha value is -4.64. The van der Waals surface area contributed by atoms with E-state index in [0.29, 0.717) is 89.3 Å². The lowest BCUT2D eigenvalue weighted by atomic mass is 9.98. The van der Waals surface area contributed by atoms with Gasteiger partial charge >= 0.3 is 5.97 Å². The maximum absolute atomic E-state index is 15.1. The largest absolute Gasteiger partial charge is 0.491 e. The molecule has 0 radical (unpaired) electrons. The van der Waals surface area contributed by atoms with Crippen molar-refractivity contribution in [3.63, 3.8) is 0 Å². The fourth-order valence-electron chi connectivity index (χ4n) is 6.29. The zero-order valence-corrected chi connectivity index (χ0v) is 28.9. The van der Waals surface area contributed by atoms with E-state index in [4.69, 9.17) is 16.3 Å². The van der Waals surface area contributed by atoms with Crippen LogP contribution in [0.2, 0.25) is 5.02 Å². The number of halogens is 2. The first-order valence-electron chi connectivity index (χ1n) is 16.1. The zero-order chi connectivity index (χ0) is 34.9. The summed E-state index contributed by atoms with van der Waals surface area (Å²) in [6.45, 7) is 8.39. The maximum Gasteiger partial charge on any atom is 0.338 e. The van der Waals surface area contributed by atoms with Gasteiger partial charge in [0.2, 0.25) is 0 Å². The lowest BCUT2D eigenvalue weighted by Crippen LogP contribution is -2.51.